The molecule has 0 aromatic rings. The summed E-state index contributed by atoms with van der Waals surface area (Å²) in [5.41, 5.74) is 0.447. The Bertz CT molecular complexity index is 279. The fourth-order valence-corrected chi connectivity index (χ4v) is 1.16. The van der Waals surface area contributed by atoms with Gasteiger partial charge in [-0.1, -0.05) is 0 Å². The van der Waals surface area contributed by atoms with Gasteiger partial charge in [0.2, 0.25) is 0 Å². The molecule has 0 aliphatic carbocycles. The van der Waals surface area contributed by atoms with Crippen molar-refractivity contribution in [1.29, 1.82) is 0 Å². The summed E-state index contributed by atoms with van der Waals surface area (Å²) in [5.74, 6) is -0.512. The molecule has 5 nitrogen and oxygen atoms in total. The van der Waals surface area contributed by atoms with Gasteiger partial charge in [0.15, 0.2) is 0 Å². The van der Waals surface area contributed by atoms with Crippen LogP contribution in [0.2, 0.25) is 0 Å². The van der Waals surface area contributed by atoms with Gasteiger partial charge >= 0.3 is 11.9 Å². The number of hydrogen-bond donors (Lipinski definition) is 1. The van der Waals surface area contributed by atoms with Crippen molar-refractivity contribution in [2.75, 3.05) is 25.6 Å². The minimum atomic E-state index is -0.492. The van der Waals surface area contributed by atoms with E-state index in [0.29, 0.717) is 24.7 Å². The predicted octanol–water partition coefficient (Wildman–Crippen LogP) is 1.21. The van der Waals surface area contributed by atoms with Crippen LogP contribution < -0.4 is 5.32 Å². The first-order valence-electron chi connectivity index (χ1n) is 5.46. The van der Waals surface area contributed by atoms with Crippen molar-refractivity contribution in [3.05, 3.63) is 11.8 Å². The zero-order valence-corrected chi connectivity index (χ0v) is 10.9. The van der Waals surface area contributed by atoms with E-state index in [9.17, 15) is 9.59 Å². The Hall–Kier alpha value is -1.23. The molecule has 0 atom stereocenters. The fourth-order valence-electron chi connectivity index (χ4n) is 1.07. The van der Waals surface area contributed by atoms with Gasteiger partial charge in [0.05, 0.1) is 19.6 Å². The zero-order chi connectivity index (χ0) is 13.1. The molecule has 98 valence electrons. The molecule has 0 rings (SSSR count). The van der Waals surface area contributed by atoms with Gasteiger partial charge in [-0.05, 0) is 13.8 Å². The molecule has 0 aromatic heterocycles. The summed E-state index contributed by atoms with van der Waals surface area (Å²) in [7, 11) is 0. The van der Waals surface area contributed by atoms with Gasteiger partial charge < -0.3 is 14.8 Å². The minimum absolute atomic E-state index is 0.00352. The van der Waals surface area contributed by atoms with E-state index in [4.69, 9.17) is 21.1 Å². The number of esters is 2. The van der Waals surface area contributed by atoms with Gasteiger partial charge in [-0.25, -0.2) is 4.79 Å². The largest absolute Gasteiger partial charge is 0.466 e. The molecule has 1 N–H and O–H groups in total. The SMILES string of the molecule is CCOC(=O)C=C(CC(=O)OCC)NCCCl. The Morgan fingerprint density at radius 2 is 1.88 bits per heavy atom. The number of nitrogens with one attached hydrogen (secondary N) is 1. The molecule has 0 spiro atoms. The molecule has 0 saturated heterocycles. The van der Waals surface area contributed by atoms with Crippen molar-refractivity contribution in [2.24, 2.45) is 0 Å². The van der Waals surface area contributed by atoms with E-state index in [-0.39, 0.29) is 13.0 Å². The molecule has 0 fully saturated rings. The number of carbonyl (C=O) groups excluding carboxylic acids is 2. The first-order valence-corrected chi connectivity index (χ1v) is 6.00. The van der Waals surface area contributed by atoms with Crippen molar-refractivity contribution in [3.63, 3.8) is 0 Å². The van der Waals surface area contributed by atoms with E-state index in [0.717, 1.165) is 0 Å². The maximum absolute atomic E-state index is 11.3. The predicted molar refractivity (Wildman–Crippen MR) is 64.7 cm³/mol. The summed E-state index contributed by atoms with van der Waals surface area (Å²) in [6, 6.07) is 0. The van der Waals surface area contributed by atoms with Gasteiger partial charge in [-0.2, -0.15) is 0 Å². The van der Waals surface area contributed by atoms with Crippen LogP contribution in [0.25, 0.3) is 0 Å². The highest BCUT2D eigenvalue weighted by Crippen LogP contribution is 2.00. The van der Waals surface area contributed by atoms with Crippen LogP contribution in [0.4, 0.5) is 0 Å². The van der Waals surface area contributed by atoms with E-state index < -0.39 is 11.9 Å². The fraction of sp³-hybridized carbons (Fsp3) is 0.636. The lowest BCUT2D eigenvalue weighted by Gasteiger charge is -2.09. The molecule has 0 amide bonds. The molecule has 0 aromatic carbocycles. The third-order valence-electron chi connectivity index (χ3n) is 1.67. The number of rotatable bonds is 8. The molecule has 17 heavy (non-hydrogen) atoms. The molecule has 0 aliphatic rings. The second-order valence-corrected chi connectivity index (χ2v) is 3.40. The monoisotopic (exact) mass is 263 g/mol. The number of alkyl halides is 1. The lowest BCUT2D eigenvalue weighted by Crippen LogP contribution is -2.21. The third-order valence-corrected chi connectivity index (χ3v) is 1.85. The van der Waals surface area contributed by atoms with Crippen molar-refractivity contribution < 1.29 is 19.1 Å². The summed E-state index contributed by atoms with van der Waals surface area (Å²) in [6.45, 7) is 4.49. The summed E-state index contributed by atoms with van der Waals surface area (Å²) in [5, 5.41) is 2.88. The van der Waals surface area contributed by atoms with Gasteiger partial charge in [0.1, 0.15) is 0 Å². The number of hydrogen-bond acceptors (Lipinski definition) is 5. The van der Waals surface area contributed by atoms with Crippen LogP contribution in [-0.4, -0.2) is 37.6 Å². The second-order valence-electron chi connectivity index (χ2n) is 3.02. The Kier molecular flexibility index (Phi) is 9.24. The Balaban J connectivity index is 4.40. The van der Waals surface area contributed by atoms with Crippen LogP contribution in [0.15, 0.2) is 11.8 Å². The zero-order valence-electron chi connectivity index (χ0n) is 10.1. The lowest BCUT2D eigenvalue weighted by molar-refractivity contribution is -0.142. The normalized spacial score (nSPS) is 10.9. The number of halogens is 1. The molecule has 0 unspecified atom stereocenters. The van der Waals surface area contributed by atoms with Gasteiger partial charge in [0.25, 0.3) is 0 Å². The van der Waals surface area contributed by atoms with E-state index >= 15 is 0 Å². The highest BCUT2D eigenvalue weighted by Gasteiger charge is 2.09. The van der Waals surface area contributed by atoms with E-state index in [1.54, 1.807) is 13.8 Å². The highest BCUT2D eigenvalue weighted by molar-refractivity contribution is 6.18. The quantitative estimate of drug-likeness (QED) is 0.405. The Morgan fingerprint density at radius 1 is 1.24 bits per heavy atom. The topological polar surface area (TPSA) is 64.6 Å². The standard InChI is InChI=1S/C11H18ClNO4/c1-3-16-10(14)7-9(13-6-5-12)8-11(15)17-4-2/h7,13H,3-6,8H2,1-2H3. The molecule has 0 saturated carbocycles. The van der Waals surface area contributed by atoms with E-state index in [1.807, 2.05) is 0 Å². The van der Waals surface area contributed by atoms with Gasteiger partial charge in [0, 0.05) is 24.2 Å². The van der Waals surface area contributed by atoms with Crippen molar-refractivity contribution in [3.8, 4) is 0 Å². The molecule has 6 heteroatoms. The first kappa shape index (κ1) is 15.8. The van der Waals surface area contributed by atoms with Crippen LogP contribution in [0.5, 0.6) is 0 Å². The average Bonchev–Trinajstić information content (AvgIpc) is 2.26. The maximum atomic E-state index is 11.3. The highest BCUT2D eigenvalue weighted by atomic mass is 35.5. The van der Waals surface area contributed by atoms with Crippen LogP contribution >= 0.6 is 11.6 Å². The number of carbonyl (C=O) groups is 2. The molecule has 0 bridgehead atoms. The van der Waals surface area contributed by atoms with E-state index in [1.165, 1.54) is 6.08 Å². The second kappa shape index (κ2) is 9.96. The number of ether oxygens (including phenoxy) is 2. The molecular formula is C11H18ClNO4. The van der Waals surface area contributed by atoms with Crippen LogP contribution in [0.3, 0.4) is 0 Å². The summed E-state index contributed by atoms with van der Waals surface area (Å²) in [4.78, 5) is 22.5. The third kappa shape index (κ3) is 8.56. The summed E-state index contributed by atoms with van der Waals surface area (Å²) in [6.07, 6.45) is 1.25. The smallest absolute Gasteiger partial charge is 0.332 e. The lowest BCUT2D eigenvalue weighted by atomic mass is 10.3. The molecule has 0 radical (unpaired) electrons. The maximum Gasteiger partial charge on any atom is 0.332 e. The Morgan fingerprint density at radius 3 is 2.41 bits per heavy atom. The van der Waals surface area contributed by atoms with Crippen molar-refractivity contribution in [2.45, 2.75) is 20.3 Å². The minimum Gasteiger partial charge on any atom is -0.466 e. The first-order chi connectivity index (χ1) is 8.13. The van der Waals surface area contributed by atoms with Crippen LogP contribution in [-0.2, 0) is 19.1 Å². The molecule has 0 heterocycles. The van der Waals surface area contributed by atoms with Gasteiger partial charge in [-0.15, -0.1) is 11.6 Å². The van der Waals surface area contributed by atoms with Crippen LogP contribution in [0, 0.1) is 0 Å². The van der Waals surface area contributed by atoms with E-state index in [2.05, 4.69) is 5.32 Å². The average molecular weight is 264 g/mol. The van der Waals surface area contributed by atoms with Gasteiger partial charge in [-0.3, -0.25) is 4.79 Å². The summed E-state index contributed by atoms with van der Waals surface area (Å²) >= 11 is 5.52. The van der Waals surface area contributed by atoms with Crippen molar-refractivity contribution in [1.82, 2.24) is 5.32 Å². The molecule has 0 aliphatic heterocycles. The van der Waals surface area contributed by atoms with Crippen LogP contribution in [0.1, 0.15) is 20.3 Å². The molecular weight excluding hydrogens is 246 g/mol. The Labute approximate surface area is 106 Å². The van der Waals surface area contributed by atoms with Crippen molar-refractivity contribution >= 4 is 23.5 Å². The summed E-state index contributed by atoms with van der Waals surface area (Å²) < 4.78 is 9.54.